The van der Waals surface area contributed by atoms with Crippen LogP contribution in [0.25, 0.3) is 0 Å². The van der Waals surface area contributed by atoms with Gasteiger partial charge in [0.2, 0.25) is 16.3 Å². The van der Waals surface area contributed by atoms with Gasteiger partial charge in [-0.1, -0.05) is 6.58 Å². The Bertz CT molecular complexity index is 202. The summed E-state index contributed by atoms with van der Waals surface area (Å²) in [6, 6.07) is 0. The zero-order chi connectivity index (χ0) is 8.78. The van der Waals surface area contributed by atoms with Gasteiger partial charge >= 0.3 is 29.6 Å². The molecule has 0 atom stereocenters. The molecule has 0 radical (unpaired) electrons. The van der Waals surface area contributed by atoms with Crippen LogP contribution in [0, 0.1) is 0 Å². The van der Waals surface area contributed by atoms with E-state index in [2.05, 4.69) is 12.3 Å². The molecule has 0 unspecified atom stereocenters. The first-order valence-electron chi connectivity index (χ1n) is 1.87. The Labute approximate surface area is 86.3 Å². The SMILES string of the molecule is C=CC(N)=O.O=S(=O)([O-])O.[Na+]. The molecule has 0 spiro atoms. The molecule has 0 aliphatic carbocycles. The Kier molecular flexibility index (Phi) is 12.8. The van der Waals surface area contributed by atoms with Crippen molar-refractivity contribution in [1.82, 2.24) is 0 Å². The van der Waals surface area contributed by atoms with Gasteiger partial charge in [-0.25, -0.2) is 8.42 Å². The maximum atomic E-state index is 9.47. The van der Waals surface area contributed by atoms with Gasteiger partial charge in [0.25, 0.3) is 0 Å². The molecule has 0 aliphatic rings. The molecule has 0 fully saturated rings. The first kappa shape index (κ1) is 17.2. The minimum Gasteiger partial charge on any atom is -0.726 e. The maximum absolute atomic E-state index is 9.47. The first-order chi connectivity index (χ1) is 4.27. The first-order valence-corrected chi connectivity index (χ1v) is 3.24. The van der Waals surface area contributed by atoms with Crippen LogP contribution in [0.4, 0.5) is 0 Å². The average molecular weight is 191 g/mol. The van der Waals surface area contributed by atoms with Gasteiger partial charge in [-0.05, 0) is 6.08 Å². The second-order valence-corrected chi connectivity index (χ2v) is 1.89. The molecule has 0 rings (SSSR count). The molecule has 1 amide bonds. The van der Waals surface area contributed by atoms with E-state index in [9.17, 15) is 4.79 Å². The van der Waals surface area contributed by atoms with Crippen molar-refractivity contribution in [2.75, 3.05) is 0 Å². The van der Waals surface area contributed by atoms with Crippen molar-refractivity contribution in [2.24, 2.45) is 5.73 Å². The van der Waals surface area contributed by atoms with Crippen LogP contribution in [0.3, 0.4) is 0 Å². The Balaban J connectivity index is -0.000000107. The van der Waals surface area contributed by atoms with E-state index in [-0.39, 0.29) is 29.6 Å². The van der Waals surface area contributed by atoms with E-state index in [0.717, 1.165) is 6.08 Å². The van der Waals surface area contributed by atoms with Gasteiger partial charge in [-0.15, -0.1) is 0 Å². The van der Waals surface area contributed by atoms with Crippen molar-refractivity contribution in [3.8, 4) is 0 Å². The number of rotatable bonds is 1. The summed E-state index contributed by atoms with van der Waals surface area (Å²) in [5.41, 5.74) is 4.53. The monoisotopic (exact) mass is 191 g/mol. The summed E-state index contributed by atoms with van der Waals surface area (Å²) in [6.07, 6.45) is 1.06. The van der Waals surface area contributed by atoms with Crippen molar-refractivity contribution in [1.29, 1.82) is 0 Å². The molecule has 0 aromatic heterocycles. The molecule has 11 heavy (non-hydrogen) atoms. The predicted molar refractivity (Wildman–Crippen MR) is 31.7 cm³/mol. The second kappa shape index (κ2) is 8.18. The number of hydrogen-bond acceptors (Lipinski definition) is 4. The smallest absolute Gasteiger partial charge is 0.726 e. The third-order valence-electron chi connectivity index (χ3n) is 0.201. The molecular weight excluding hydrogens is 185 g/mol. The summed E-state index contributed by atoms with van der Waals surface area (Å²) < 4.78 is 32.8. The van der Waals surface area contributed by atoms with Crippen LogP contribution < -0.4 is 35.3 Å². The Morgan fingerprint density at radius 2 is 1.73 bits per heavy atom. The quantitative estimate of drug-likeness (QED) is 0.188. The van der Waals surface area contributed by atoms with Crippen molar-refractivity contribution in [3.63, 3.8) is 0 Å². The number of amides is 1. The van der Waals surface area contributed by atoms with Crippen LogP contribution >= 0.6 is 0 Å². The number of carbonyl (C=O) groups excluding carboxylic acids is 1. The van der Waals surface area contributed by atoms with E-state index in [1.54, 1.807) is 0 Å². The van der Waals surface area contributed by atoms with Crippen LogP contribution in [0.2, 0.25) is 0 Å². The fourth-order valence-corrected chi connectivity index (χ4v) is 0. The van der Waals surface area contributed by atoms with E-state index in [0.29, 0.717) is 0 Å². The normalized spacial score (nSPS) is 8.18. The van der Waals surface area contributed by atoms with Gasteiger partial charge in [0.1, 0.15) is 0 Å². The van der Waals surface area contributed by atoms with Gasteiger partial charge in [0.05, 0.1) is 0 Å². The van der Waals surface area contributed by atoms with Crippen LogP contribution in [0.5, 0.6) is 0 Å². The van der Waals surface area contributed by atoms with E-state index in [4.69, 9.17) is 17.5 Å². The van der Waals surface area contributed by atoms with E-state index < -0.39 is 16.3 Å². The summed E-state index contributed by atoms with van der Waals surface area (Å²) >= 11 is 0. The van der Waals surface area contributed by atoms with Crippen molar-refractivity contribution in [2.45, 2.75) is 0 Å². The van der Waals surface area contributed by atoms with E-state index in [1.165, 1.54) is 0 Å². The number of hydrogen-bond donors (Lipinski definition) is 2. The van der Waals surface area contributed by atoms with E-state index in [1.807, 2.05) is 0 Å². The second-order valence-electron chi connectivity index (χ2n) is 1.03. The van der Waals surface area contributed by atoms with Crippen LogP contribution in [-0.4, -0.2) is 23.4 Å². The molecule has 0 aromatic rings. The fourth-order valence-electron chi connectivity index (χ4n) is 0. The molecule has 0 aromatic carbocycles. The van der Waals surface area contributed by atoms with Crippen LogP contribution in [0.15, 0.2) is 12.7 Å². The predicted octanol–water partition coefficient (Wildman–Crippen LogP) is -4.33. The molecule has 6 nitrogen and oxygen atoms in total. The van der Waals surface area contributed by atoms with Crippen molar-refractivity contribution < 1.29 is 51.9 Å². The minimum absolute atomic E-state index is 0. The Morgan fingerprint density at radius 3 is 1.73 bits per heavy atom. The third kappa shape index (κ3) is 152. The summed E-state index contributed by atoms with van der Waals surface area (Å²) in [4.78, 5) is 9.47. The fraction of sp³-hybridized carbons (Fsp3) is 0. The molecule has 0 saturated heterocycles. The third-order valence-corrected chi connectivity index (χ3v) is 0.201. The standard InChI is InChI=1S/C3H5NO.Na.H2O4S/c1-2-3(4)5;;1-5(2,3)4/h2H,1H2,(H2,4,5);;(H2,1,2,3,4)/q;+1;/p-1. The molecule has 0 bridgehead atoms. The average Bonchev–Trinajstić information content (AvgIpc) is 1.61. The topological polar surface area (TPSA) is 121 Å². The molecule has 0 saturated carbocycles. The molecule has 3 N–H and O–H groups in total. The van der Waals surface area contributed by atoms with Crippen LogP contribution in [-0.2, 0) is 15.2 Å². The molecule has 0 aliphatic heterocycles. The van der Waals surface area contributed by atoms with Gasteiger partial charge in [-0.2, -0.15) is 0 Å². The van der Waals surface area contributed by atoms with Gasteiger partial charge in [0.15, 0.2) is 0 Å². The summed E-state index contributed by atoms with van der Waals surface area (Å²) in [7, 11) is -4.92. The molecular formula is C3H6NNaO5S. The summed E-state index contributed by atoms with van der Waals surface area (Å²) in [5, 5.41) is 0. The van der Waals surface area contributed by atoms with Crippen LogP contribution in [0.1, 0.15) is 0 Å². The zero-order valence-electron chi connectivity index (χ0n) is 5.85. The van der Waals surface area contributed by atoms with E-state index >= 15 is 0 Å². The van der Waals surface area contributed by atoms with Gasteiger partial charge in [-0.3, -0.25) is 9.35 Å². The Hall–Kier alpha value is 0.0800. The summed E-state index contributed by atoms with van der Waals surface area (Å²) in [5.74, 6) is -0.481. The molecule has 8 heteroatoms. The number of carbonyl (C=O) groups is 1. The molecule has 0 heterocycles. The van der Waals surface area contributed by atoms with Crippen molar-refractivity contribution in [3.05, 3.63) is 12.7 Å². The van der Waals surface area contributed by atoms with Gasteiger partial charge < -0.3 is 10.3 Å². The maximum Gasteiger partial charge on any atom is 1.00 e. The van der Waals surface area contributed by atoms with Crippen molar-refractivity contribution >= 4 is 16.3 Å². The Morgan fingerprint density at radius 1 is 1.64 bits per heavy atom. The largest absolute Gasteiger partial charge is 1.00 e. The summed E-state index contributed by atoms with van der Waals surface area (Å²) in [6.45, 7) is 3.09. The minimum atomic E-state index is -4.92. The molecule has 60 valence electrons. The zero-order valence-corrected chi connectivity index (χ0v) is 8.67. The number of nitrogens with two attached hydrogens (primary N) is 1. The number of primary amides is 1. The van der Waals surface area contributed by atoms with Gasteiger partial charge in [0, 0.05) is 0 Å².